The molecule has 0 saturated heterocycles. The van der Waals surface area contributed by atoms with Gasteiger partial charge in [0.2, 0.25) is 10.0 Å². The van der Waals surface area contributed by atoms with Gasteiger partial charge in [0.1, 0.15) is 0 Å². The lowest BCUT2D eigenvalue weighted by atomic mass is 10.1. The topological polar surface area (TPSA) is 72.2 Å². The van der Waals surface area contributed by atoms with Crippen LogP contribution in [0.15, 0.2) is 29.2 Å². The maximum atomic E-state index is 12.1. The van der Waals surface area contributed by atoms with E-state index < -0.39 is 15.6 Å². The summed E-state index contributed by atoms with van der Waals surface area (Å²) < 4.78 is 26.8. The Balaban J connectivity index is 0.00000289. The molecule has 0 saturated carbocycles. The van der Waals surface area contributed by atoms with Gasteiger partial charge in [-0.25, -0.2) is 13.1 Å². The summed E-state index contributed by atoms with van der Waals surface area (Å²) in [5, 5.41) is 0. The fourth-order valence-corrected chi connectivity index (χ4v) is 2.89. The van der Waals surface area contributed by atoms with E-state index in [1.54, 1.807) is 32.0 Å². The van der Waals surface area contributed by atoms with Crippen molar-refractivity contribution in [2.75, 3.05) is 6.54 Å². The normalized spacial score (nSPS) is 12.0. The number of sulfonamides is 1. The minimum Gasteiger partial charge on any atom is -0.329 e. The lowest BCUT2D eigenvalue weighted by Crippen LogP contribution is -2.48. The van der Waals surface area contributed by atoms with E-state index in [0.29, 0.717) is 4.90 Å². The zero-order valence-corrected chi connectivity index (χ0v) is 12.6. The lowest BCUT2D eigenvalue weighted by Gasteiger charge is -2.23. The molecule has 1 aromatic rings. The molecule has 4 nitrogen and oxygen atoms in total. The number of hydrogen-bond donors (Lipinski definition) is 2. The Kier molecular flexibility index (Phi) is 6.29. The number of nitrogens with one attached hydrogen (secondary N) is 1. The summed E-state index contributed by atoms with van der Waals surface area (Å²) in [6.07, 6.45) is 0.809. The molecule has 0 fully saturated rings. The van der Waals surface area contributed by atoms with Crippen molar-refractivity contribution in [1.29, 1.82) is 0 Å². The quantitative estimate of drug-likeness (QED) is 0.867. The first-order chi connectivity index (χ1) is 7.80. The molecule has 104 valence electrons. The van der Waals surface area contributed by atoms with Gasteiger partial charge in [0, 0.05) is 12.1 Å². The molecule has 6 heteroatoms. The minimum atomic E-state index is -3.49. The molecular weight excluding hydrogens is 272 g/mol. The summed E-state index contributed by atoms with van der Waals surface area (Å²) in [7, 11) is -3.49. The van der Waals surface area contributed by atoms with E-state index in [-0.39, 0.29) is 19.0 Å². The van der Waals surface area contributed by atoms with Crippen molar-refractivity contribution < 1.29 is 8.42 Å². The van der Waals surface area contributed by atoms with Gasteiger partial charge in [-0.3, -0.25) is 0 Å². The van der Waals surface area contributed by atoms with E-state index >= 15 is 0 Å². The molecule has 0 aromatic heterocycles. The molecule has 0 aliphatic carbocycles. The summed E-state index contributed by atoms with van der Waals surface area (Å²) in [6.45, 7) is 5.76. The fourth-order valence-electron chi connectivity index (χ4n) is 1.40. The standard InChI is InChI=1S/C12H20N2O2S.ClH/c1-4-10-6-5-7-11(8-10)17(15,16)14-12(2,3)9-13;/h5-8,14H,4,9,13H2,1-3H3;1H. The van der Waals surface area contributed by atoms with Gasteiger partial charge in [-0.1, -0.05) is 19.1 Å². The van der Waals surface area contributed by atoms with Crippen molar-refractivity contribution in [3.63, 3.8) is 0 Å². The molecule has 0 aliphatic heterocycles. The zero-order valence-electron chi connectivity index (χ0n) is 10.9. The summed E-state index contributed by atoms with van der Waals surface area (Å²) in [5.41, 5.74) is 5.88. The maximum absolute atomic E-state index is 12.1. The van der Waals surface area contributed by atoms with Crippen LogP contribution in [0.4, 0.5) is 0 Å². The second-order valence-electron chi connectivity index (χ2n) is 4.69. The number of benzene rings is 1. The van der Waals surface area contributed by atoms with Gasteiger partial charge in [0.15, 0.2) is 0 Å². The van der Waals surface area contributed by atoms with Crippen LogP contribution in [0.25, 0.3) is 0 Å². The van der Waals surface area contributed by atoms with Crippen molar-refractivity contribution in [3.05, 3.63) is 29.8 Å². The van der Waals surface area contributed by atoms with E-state index in [4.69, 9.17) is 5.73 Å². The third-order valence-electron chi connectivity index (χ3n) is 2.54. The molecule has 3 N–H and O–H groups in total. The second kappa shape index (κ2) is 6.52. The van der Waals surface area contributed by atoms with Crippen molar-refractivity contribution in [2.45, 2.75) is 37.6 Å². The molecule has 18 heavy (non-hydrogen) atoms. The third-order valence-corrected chi connectivity index (χ3v) is 4.23. The zero-order chi connectivity index (χ0) is 13.1. The van der Waals surface area contributed by atoms with Crippen LogP contribution in [-0.4, -0.2) is 20.5 Å². The van der Waals surface area contributed by atoms with E-state index in [9.17, 15) is 8.42 Å². The Labute approximate surface area is 115 Å². The van der Waals surface area contributed by atoms with Gasteiger partial charge in [-0.2, -0.15) is 0 Å². The molecule has 0 heterocycles. The first-order valence-electron chi connectivity index (χ1n) is 5.64. The van der Waals surface area contributed by atoms with Crippen molar-refractivity contribution >= 4 is 22.4 Å². The van der Waals surface area contributed by atoms with Crippen LogP contribution >= 0.6 is 12.4 Å². The molecule has 0 aliphatic rings. The van der Waals surface area contributed by atoms with Crippen molar-refractivity contribution in [2.24, 2.45) is 5.73 Å². The number of nitrogens with two attached hydrogens (primary N) is 1. The molecule has 0 atom stereocenters. The summed E-state index contributed by atoms with van der Waals surface area (Å²) in [5.74, 6) is 0. The molecule has 0 unspecified atom stereocenters. The first-order valence-corrected chi connectivity index (χ1v) is 7.12. The first kappa shape index (κ1) is 17.4. The summed E-state index contributed by atoms with van der Waals surface area (Å²) >= 11 is 0. The molecule has 0 radical (unpaired) electrons. The number of halogens is 1. The lowest BCUT2D eigenvalue weighted by molar-refractivity contribution is 0.462. The van der Waals surface area contributed by atoms with E-state index in [2.05, 4.69) is 4.72 Å². The molecule has 1 aromatic carbocycles. The van der Waals surface area contributed by atoms with Gasteiger partial charge < -0.3 is 5.73 Å². The van der Waals surface area contributed by atoms with Gasteiger partial charge in [0.25, 0.3) is 0 Å². The van der Waals surface area contributed by atoms with E-state index in [0.717, 1.165) is 12.0 Å². The van der Waals surface area contributed by atoms with Crippen LogP contribution in [0.5, 0.6) is 0 Å². The van der Waals surface area contributed by atoms with Crippen LogP contribution < -0.4 is 10.5 Å². The monoisotopic (exact) mass is 292 g/mol. The fraction of sp³-hybridized carbons (Fsp3) is 0.500. The molecule has 0 spiro atoms. The van der Waals surface area contributed by atoms with Crippen molar-refractivity contribution in [1.82, 2.24) is 4.72 Å². The molecule has 0 bridgehead atoms. The summed E-state index contributed by atoms with van der Waals surface area (Å²) in [4.78, 5) is 0.290. The van der Waals surface area contributed by atoms with E-state index in [1.165, 1.54) is 0 Å². The number of aryl methyl sites for hydroxylation is 1. The average Bonchev–Trinajstić information content (AvgIpc) is 2.28. The Morgan fingerprint density at radius 3 is 2.44 bits per heavy atom. The largest absolute Gasteiger partial charge is 0.329 e. The highest BCUT2D eigenvalue weighted by Gasteiger charge is 2.24. The van der Waals surface area contributed by atoms with Crippen LogP contribution in [0.2, 0.25) is 0 Å². The minimum absolute atomic E-state index is 0. The van der Waals surface area contributed by atoms with Gasteiger partial charge in [-0.15, -0.1) is 12.4 Å². The third kappa shape index (κ3) is 4.57. The van der Waals surface area contributed by atoms with E-state index in [1.807, 2.05) is 13.0 Å². The van der Waals surface area contributed by atoms with Gasteiger partial charge in [0.05, 0.1) is 4.90 Å². The highest BCUT2D eigenvalue weighted by molar-refractivity contribution is 7.89. The van der Waals surface area contributed by atoms with Crippen LogP contribution in [-0.2, 0) is 16.4 Å². The highest BCUT2D eigenvalue weighted by atomic mass is 35.5. The number of hydrogen-bond acceptors (Lipinski definition) is 3. The Hall–Kier alpha value is -0.620. The molecule has 0 amide bonds. The molecule has 1 rings (SSSR count). The van der Waals surface area contributed by atoms with Gasteiger partial charge in [-0.05, 0) is 38.0 Å². The van der Waals surface area contributed by atoms with Gasteiger partial charge >= 0.3 is 0 Å². The number of rotatable bonds is 5. The second-order valence-corrected chi connectivity index (χ2v) is 6.38. The van der Waals surface area contributed by atoms with Crippen molar-refractivity contribution in [3.8, 4) is 0 Å². The maximum Gasteiger partial charge on any atom is 0.241 e. The Morgan fingerprint density at radius 2 is 1.94 bits per heavy atom. The average molecular weight is 293 g/mol. The highest BCUT2D eigenvalue weighted by Crippen LogP contribution is 2.14. The predicted molar refractivity (Wildman–Crippen MR) is 76.5 cm³/mol. The molecular formula is C12H21ClN2O2S. The Bertz CT molecular complexity index is 487. The summed E-state index contributed by atoms with van der Waals surface area (Å²) in [6, 6.07) is 6.94. The van der Waals surface area contributed by atoms with Crippen LogP contribution in [0.3, 0.4) is 0 Å². The van der Waals surface area contributed by atoms with Crippen LogP contribution in [0, 0.1) is 0 Å². The SMILES string of the molecule is CCc1cccc(S(=O)(=O)NC(C)(C)CN)c1.Cl. The smallest absolute Gasteiger partial charge is 0.241 e. The van der Waals surface area contributed by atoms with Crippen LogP contribution in [0.1, 0.15) is 26.3 Å². The predicted octanol–water partition coefficient (Wildman–Crippen LogP) is 1.69. The Morgan fingerprint density at radius 1 is 1.33 bits per heavy atom.